The van der Waals surface area contributed by atoms with Gasteiger partial charge >= 0.3 is 0 Å². The first-order valence-electron chi connectivity index (χ1n) is 11.6. The van der Waals surface area contributed by atoms with E-state index in [2.05, 4.69) is 28.1 Å². The van der Waals surface area contributed by atoms with Crippen LogP contribution < -0.4 is 4.90 Å². The summed E-state index contributed by atoms with van der Waals surface area (Å²) >= 11 is 0. The smallest absolute Gasteiger partial charge is 0.274 e. The highest BCUT2D eigenvalue weighted by atomic mass is 19.1. The van der Waals surface area contributed by atoms with Gasteiger partial charge < -0.3 is 9.88 Å². The fraction of sp³-hybridized carbons (Fsp3) is 0.423. The molecule has 6 rings (SSSR count). The van der Waals surface area contributed by atoms with E-state index in [0.29, 0.717) is 11.7 Å². The van der Waals surface area contributed by atoms with Crippen molar-refractivity contribution >= 4 is 22.5 Å². The summed E-state index contributed by atoms with van der Waals surface area (Å²) in [5, 5.41) is 0.731. The minimum Gasteiger partial charge on any atom is -0.351 e. The van der Waals surface area contributed by atoms with Gasteiger partial charge in [-0.05, 0) is 61.7 Å². The Bertz CT molecular complexity index is 1150. The second-order valence-corrected chi connectivity index (χ2v) is 9.62. The standard InChI is InChI=1S/C26H28FN3O/c27-19-10-11-22-18(14-19)15-23(28-22)25(31)30-17-26(21-8-4-5-9-24(21)30)12-13-29(16-26)20-6-2-1-3-7-20/h4-5,8-11,14-15,20,28H,1-3,6-7,12-13,16-17H2/t26-/m0/s1. The van der Waals surface area contributed by atoms with Crippen LogP contribution in [-0.2, 0) is 5.41 Å². The number of anilines is 1. The Balaban J connectivity index is 1.32. The molecule has 3 aromatic rings. The van der Waals surface area contributed by atoms with Crippen molar-refractivity contribution in [1.29, 1.82) is 0 Å². The number of nitrogens with one attached hydrogen (secondary N) is 1. The lowest BCUT2D eigenvalue weighted by Crippen LogP contribution is -2.41. The lowest BCUT2D eigenvalue weighted by atomic mass is 9.81. The number of halogens is 1. The van der Waals surface area contributed by atoms with Crippen molar-refractivity contribution < 1.29 is 9.18 Å². The van der Waals surface area contributed by atoms with Gasteiger partial charge in [-0.1, -0.05) is 37.5 Å². The fourth-order valence-corrected chi connectivity index (χ4v) is 6.19. The lowest BCUT2D eigenvalue weighted by Gasteiger charge is -2.33. The van der Waals surface area contributed by atoms with Crippen molar-refractivity contribution in [2.75, 3.05) is 24.5 Å². The maximum Gasteiger partial charge on any atom is 0.274 e. The van der Waals surface area contributed by atoms with E-state index in [-0.39, 0.29) is 17.1 Å². The molecule has 2 aliphatic heterocycles. The fourth-order valence-electron chi connectivity index (χ4n) is 6.19. The van der Waals surface area contributed by atoms with Gasteiger partial charge in [0.25, 0.3) is 5.91 Å². The van der Waals surface area contributed by atoms with Crippen molar-refractivity contribution in [3.8, 4) is 0 Å². The Morgan fingerprint density at radius 1 is 1.03 bits per heavy atom. The molecule has 1 aromatic heterocycles. The first-order chi connectivity index (χ1) is 15.1. The molecule has 1 aliphatic carbocycles. The molecule has 31 heavy (non-hydrogen) atoms. The second kappa shape index (κ2) is 7.20. The molecule has 4 nitrogen and oxygen atoms in total. The largest absolute Gasteiger partial charge is 0.351 e. The maximum absolute atomic E-state index is 13.6. The van der Waals surface area contributed by atoms with Crippen LogP contribution in [0.1, 0.15) is 54.6 Å². The lowest BCUT2D eigenvalue weighted by molar-refractivity contribution is 0.0980. The average molecular weight is 418 g/mol. The first-order valence-corrected chi connectivity index (χ1v) is 11.6. The highest BCUT2D eigenvalue weighted by Crippen LogP contribution is 2.47. The Hall–Kier alpha value is -2.66. The van der Waals surface area contributed by atoms with Crippen molar-refractivity contribution in [3.63, 3.8) is 0 Å². The predicted molar refractivity (Wildman–Crippen MR) is 121 cm³/mol. The van der Waals surface area contributed by atoms with Crippen molar-refractivity contribution in [2.24, 2.45) is 0 Å². The summed E-state index contributed by atoms with van der Waals surface area (Å²) in [5.74, 6) is -0.318. The summed E-state index contributed by atoms with van der Waals surface area (Å²) in [5.41, 5.74) is 3.67. The van der Waals surface area contributed by atoms with Crippen LogP contribution in [0.4, 0.5) is 10.1 Å². The first kappa shape index (κ1) is 19.1. The van der Waals surface area contributed by atoms with Gasteiger partial charge in [0.1, 0.15) is 11.5 Å². The molecule has 3 aliphatic rings. The van der Waals surface area contributed by atoms with E-state index < -0.39 is 0 Å². The van der Waals surface area contributed by atoms with Crippen LogP contribution in [-0.4, -0.2) is 41.5 Å². The van der Waals surface area contributed by atoms with E-state index >= 15 is 0 Å². The van der Waals surface area contributed by atoms with Gasteiger partial charge in [-0.25, -0.2) is 4.39 Å². The molecular weight excluding hydrogens is 389 g/mol. The minimum atomic E-state index is -0.287. The van der Waals surface area contributed by atoms with Gasteiger partial charge in [0.2, 0.25) is 0 Å². The minimum absolute atomic E-state index is 0.0157. The number of amides is 1. The summed E-state index contributed by atoms with van der Waals surface area (Å²) in [6.07, 6.45) is 7.78. The van der Waals surface area contributed by atoms with Gasteiger partial charge in [-0.2, -0.15) is 0 Å². The number of fused-ring (bicyclic) bond motifs is 3. The van der Waals surface area contributed by atoms with Gasteiger partial charge in [0.05, 0.1) is 0 Å². The van der Waals surface area contributed by atoms with Crippen molar-refractivity contribution in [2.45, 2.75) is 50.0 Å². The zero-order chi connectivity index (χ0) is 21.0. The zero-order valence-electron chi connectivity index (χ0n) is 17.7. The van der Waals surface area contributed by atoms with Gasteiger partial charge in [-0.3, -0.25) is 9.69 Å². The third kappa shape index (κ3) is 3.09. The Kier molecular flexibility index (Phi) is 4.42. The van der Waals surface area contributed by atoms with E-state index in [1.807, 2.05) is 11.0 Å². The van der Waals surface area contributed by atoms with Gasteiger partial charge in [0.15, 0.2) is 0 Å². The molecule has 0 unspecified atom stereocenters. The van der Waals surface area contributed by atoms with Gasteiger partial charge in [-0.15, -0.1) is 0 Å². The van der Waals surface area contributed by atoms with E-state index in [4.69, 9.17) is 0 Å². The van der Waals surface area contributed by atoms with Crippen LogP contribution in [0.2, 0.25) is 0 Å². The number of aromatic nitrogens is 1. The summed E-state index contributed by atoms with van der Waals surface area (Å²) in [6.45, 7) is 2.88. The Morgan fingerprint density at radius 2 is 1.87 bits per heavy atom. The molecule has 160 valence electrons. The molecule has 1 saturated heterocycles. The number of H-pyrrole nitrogens is 1. The van der Waals surface area contributed by atoms with E-state index in [0.717, 1.165) is 42.6 Å². The number of rotatable bonds is 2. The molecule has 1 N–H and O–H groups in total. The monoisotopic (exact) mass is 417 g/mol. The summed E-state index contributed by atoms with van der Waals surface area (Å²) < 4.78 is 13.6. The molecule has 2 fully saturated rings. The molecule has 1 spiro atoms. The molecular formula is C26H28FN3O. The highest BCUT2D eigenvalue weighted by molar-refractivity contribution is 6.09. The number of likely N-dealkylation sites (tertiary alicyclic amines) is 1. The molecule has 1 atom stereocenters. The Labute approximate surface area is 182 Å². The predicted octanol–water partition coefficient (Wildman–Crippen LogP) is 5.24. The van der Waals surface area contributed by atoms with Gasteiger partial charge in [0, 0.05) is 41.1 Å². The number of aromatic amines is 1. The highest BCUT2D eigenvalue weighted by Gasteiger charge is 2.49. The number of benzene rings is 2. The third-order valence-corrected chi connectivity index (χ3v) is 7.76. The Morgan fingerprint density at radius 3 is 2.74 bits per heavy atom. The molecule has 3 heterocycles. The maximum atomic E-state index is 13.6. The summed E-state index contributed by atoms with van der Waals surface area (Å²) in [4.78, 5) is 21.4. The number of para-hydroxylation sites is 1. The number of hydrogen-bond donors (Lipinski definition) is 1. The summed E-state index contributed by atoms with van der Waals surface area (Å²) in [6, 6.07) is 15.5. The van der Waals surface area contributed by atoms with E-state index in [1.54, 1.807) is 12.1 Å². The SMILES string of the molecule is O=C(c1cc2cc(F)ccc2[nH]1)N1C[C@@]2(CCN(C3CCCCC3)C2)c2ccccc21. The van der Waals surface area contributed by atoms with Crippen LogP contribution in [0.15, 0.2) is 48.5 Å². The molecule has 1 saturated carbocycles. The van der Waals surface area contributed by atoms with Crippen LogP contribution in [0.5, 0.6) is 0 Å². The average Bonchev–Trinajstić information content (AvgIpc) is 3.50. The van der Waals surface area contributed by atoms with Crippen molar-refractivity contribution in [1.82, 2.24) is 9.88 Å². The second-order valence-electron chi connectivity index (χ2n) is 9.62. The normalized spacial score (nSPS) is 24.4. The molecule has 0 radical (unpaired) electrons. The number of carbonyl (C=O) groups is 1. The number of hydrogen-bond acceptors (Lipinski definition) is 2. The molecule has 5 heteroatoms. The number of carbonyl (C=O) groups excluding carboxylic acids is 1. The number of nitrogens with zero attached hydrogens (tertiary/aromatic N) is 2. The van der Waals surface area contributed by atoms with Crippen molar-refractivity contribution in [3.05, 3.63) is 65.6 Å². The molecule has 2 aromatic carbocycles. The van der Waals surface area contributed by atoms with Crippen LogP contribution >= 0.6 is 0 Å². The van der Waals surface area contributed by atoms with Crippen LogP contribution in [0.25, 0.3) is 10.9 Å². The zero-order valence-corrected chi connectivity index (χ0v) is 17.7. The summed E-state index contributed by atoms with van der Waals surface area (Å²) in [7, 11) is 0. The van der Waals surface area contributed by atoms with Crippen LogP contribution in [0, 0.1) is 5.82 Å². The third-order valence-electron chi connectivity index (χ3n) is 7.76. The molecule has 0 bridgehead atoms. The molecule has 1 amide bonds. The van der Waals surface area contributed by atoms with E-state index in [9.17, 15) is 9.18 Å². The van der Waals surface area contributed by atoms with E-state index in [1.165, 1.54) is 49.8 Å². The topological polar surface area (TPSA) is 39.3 Å². The van der Waals surface area contributed by atoms with Crippen LogP contribution in [0.3, 0.4) is 0 Å². The quantitative estimate of drug-likeness (QED) is 0.619.